The van der Waals surface area contributed by atoms with Gasteiger partial charge >= 0.3 is 0 Å². The second-order valence-electron chi connectivity index (χ2n) is 3.91. The second kappa shape index (κ2) is 7.10. The molecule has 0 spiro atoms. The molecular weight excluding hydrogens is 190 g/mol. The molecule has 0 aromatic heterocycles. The Balaban J connectivity index is 3.88. The Bertz CT molecular complexity index is 255. The lowest BCUT2D eigenvalue weighted by Gasteiger charge is -2.15. The molecule has 0 heterocycles. The molecule has 0 bridgehead atoms. The highest BCUT2D eigenvalue weighted by Crippen LogP contribution is 2.12. The molecular formula is C11H21N3O. The summed E-state index contributed by atoms with van der Waals surface area (Å²) >= 11 is 0. The lowest BCUT2D eigenvalue weighted by atomic mass is 9.95. The smallest absolute Gasteiger partial charge is 0.125 e. The summed E-state index contributed by atoms with van der Waals surface area (Å²) in [5, 5.41) is 2.91. The number of nitrogens with two attached hydrogens (primary N) is 2. The molecule has 0 saturated heterocycles. The van der Waals surface area contributed by atoms with Crippen molar-refractivity contribution in [1.29, 1.82) is 0 Å². The summed E-state index contributed by atoms with van der Waals surface area (Å²) in [4.78, 5) is 10.6. The third-order valence-corrected chi connectivity index (χ3v) is 2.18. The van der Waals surface area contributed by atoms with Crippen molar-refractivity contribution in [2.75, 3.05) is 6.54 Å². The van der Waals surface area contributed by atoms with E-state index in [4.69, 9.17) is 11.5 Å². The van der Waals surface area contributed by atoms with Crippen LogP contribution in [0.15, 0.2) is 18.0 Å². The maximum absolute atomic E-state index is 10.6. The fourth-order valence-corrected chi connectivity index (χ4v) is 1.35. The summed E-state index contributed by atoms with van der Waals surface area (Å²) in [6, 6.07) is -0.199. The Kier molecular flexibility index (Phi) is 6.50. The number of nitrogens with one attached hydrogen (secondary N) is 1. The van der Waals surface area contributed by atoms with Crippen LogP contribution in [0.4, 0.5) is 0 Å². The van der Waals surface area contributed by atoms with Crippen molar-refractivity contribution in [3.05, 3.63) is 18.0 Å². The summed E-state index contributed by atoms with van der Waals surface area (Å²) in [7, 11) is 0. The monoisotopic (exact) mass is 211 g/mol. The van der Waals surface area contributed by atoms with Gasteiger partial charge in [0.1, 0.15) is 5.94 Å². The first-order valence-corrected chi connectivity index (χ1v) is 5.17. The first-order chi connectivity index (χ1) is 6.99. The highest BCUT2D eigenvalue weighted by molar-refractivity contribution is 5.55. The van der Waals surface area contributed by atoms with E-state index in [9.17, 15) is 4.79 Å². The summed E-state index contributed by atoms with van der Waals surface area (Å²) in [6.07, 6.45) is 1.61. The first kappa shape index (κ1) is 13.8. The molecule has 1 atom stereocenters. The third kappa shape index (κ3) is 5.94. The van der Waals surface area contributed by atoms with E-state index < -0.39 is 0 Å². The molecule has 0 fully saturated rings. The van der Waals surface area contributed by atoms with Gasteiger partial charge in [0.25, 0.3) is 0 Å². The minimum atomic E-state index is -0.199. The van der Waals surface area contributed by atoms with Crippen LogP contribution in [0.5, 0.6) is 0 Å². The molecule has 0 aromatic rings. The number of carbonyl (C=O) groups excluding carboxylic acids is 1. The Labute approximate surface area is 91.4 Å². The van der Waals surface area contributed by atoms with E-state index in [1.807, 2.05) is 19.8 Å². The van der Waals surface area contributed by atoms with E-state index in [0.29, 0.717) is 11.4 Å². The highest BCUT2D eigenvalue weighted by Gasteiger charge is 2.13. The second-order valence-corrected chi connectivity index (χ2v) is 3.91. The summed E-state index contributed by atoms with van der Waals surface area (Å²) in [5.41, 5.74) is 11.9. The van der Waals surface area contributed by atoms with Gasteiger partial charge < -0.3 is 16.8 Å². The summed E-state index contributed by atoms with van der Waals surface area (Å²) in [5.74, 6) is 2.55. The van der Waals surface area contributed by atoms with Gasteiger partial charge in [-0.05, 0) is 18.8 Å². The normalized spacial score (nSPS) is 12.0. The van der Waals surface area contributed by atoms with Crippen molar-refractivity contribution in [3.8, 4) is 0 Å². The predicted octanol–water partition coefficient (Wildman–Crippen LogP) is 0.527. The van der Waals surface area contributed by atoms with Crippen molar-refractivity contribution >= 4 is 5.94 Å². The zero-order chi connectivity index (χ0) is 11.8. The van der Waals surface area contributed by atoms with Crippen LogP contribution in [0.3, 0.4) is 0 Å². The molecule has 0 saturated carbocycles. The van der Waals surface area contributed by atoms with Crippen molar-refractivity contribution in [2.45, 2.75) is 32.7 Å². The van der Waals surface area contributed by atoms with E-state index in [1.165, 1.54) is 0 Å². The molecule has 5 N–H and O–H groups in total. The molecule has 0 aliphatic heterocycles. The molecule has 0 radical (unpaired) electrons. The molecule has 0 aliphatic rings. The van der Waals surface area contributed by atoms with E-state index in [-0.39, 0.29) is 12.0 Å². The zero-order valence-corrected chi connectivity index (χ0v) is 9.55. The molecule has 0 aliphatic carbocycles. The van der Waals surface area contributed by atoms with Crippen LogP contribution in [-0.2, 0) is 4.79 Å². The SMILES string of the molecule is C=C(N)NCCCC(N)C(=C=O)C(C)C. The molecule has 0 rings (SSSR count). The predicted molar refractivity (Wildman–Crippen MR) is 62.6 cm³/mol. The molecule has 1 unspecified atom stereocenters. The molecule has 4 heteroatoms. The summed E-state index contributed by atoms with van der Waals surface area (Å²) in [6.45, 7) is 8.14. The van der Waals surface area contributed by atoms with Gasteiger partial charge in [-0.2, -0.15) is 0 Å². The fourth-order valence-electron chi connectivity index (χ4n) is 1.35. The minimum Gasteiger partial charge on any atom is -0.386 e. The molecule has 0 aromatic carbocycles. The average molecular weight is 211 g/mol. The van der Waals surface area contributed by atoms with Crippen LogP contribution in [0.25, 0.3) is 0 Å². The van der Waals surface area contributed by atoms with Crippen molar-refractivity contribution in [3.63, 3.8) is 0 Å². The Hall–Kier alpha value is -1.25. The zero-order valence-electron chi connectivity index (χ0n) is 9.55. The Morgan fingerprint density at radius 1 is 1.53 bits per heavy atom. The van der Waals surface area contributed by atoms with Gasteiger partial charge in [-0.15, -0.1) is 0 Å². The maximum atomic E-state index is 10.6. The topological polar surface area (TPSA) is 81.1 Å². The molecule has 0 amide bonds. The molecule has 4 nitrogen and oxygen atoms in total. The van der Waals surface area contributed by atoms with Crippen molar-refractivity contribution < 1.29 is 4.79 Å². The Morgan fingerprint density at radius 3 is 2.53 bits per heavy atom. The van der Waals surface area contributed by atoms with Crippen molar-refractivity contribution in [2.24, 2.45) is 17.4 Å². The van der Waals surface area contributed by atoms with Crippen LogP contribution >= 0.6 is 0 Å². The minimum absolute atomic E-state index is 0.162. The van der Waals surface area contributed by atoms with Gasteiger partial charge in [0, 0.05) is 18.2 Å². The van der Waals surface area contributed by atoms with E-state index >= 15 is 0 Å². The standard InChI is InChI=1S/C11H21N3O/c1-8(2)10(7-15)11(13)5-4-6-14-9(3)12/h8,11,14H,3-6,12-13H2,1-2H3. The molecule has 86 valence electrons. The number of rotatable bonds is 7. The van der Waals surface area contributed by atoms with Gasteiger partial charge in [0.2, 0.25) is 0 Å². The van der Waals surface area contributed by atoms with E-state index in [1.54, 1.807) is 0 Å². The van der Waals surface area contributed by atoms with Crippen LogP contribution in [0.2, 0.25) is 0 Å². The van der Waals surface area contributed by atoms with Gasteiger partial charge in [0.05, 0.1) is 5.82 Å². The van der Waals surface area contributed by atoms with Gasteiger partial charge in [-0.1, -0.05) is 20.4 Å². The third-order valence-electron chi connectivity index (χ3n) is 2.18. The lowest BCUT2D eigenvalue weighted by Crippen LogP contribution is -2.28. The quantitative estimate of drug-likeness (QED) is 0.424. The first-order valence-electron chi connectivity index (χ1n) is 5.17. The lowest BCUT2D eigenvalue weighted by molar-refractivity contribution is 0.541. The Morgan fingerprint density at radius 2 is 2.13 bits per heavy atom. The van der Waals surface area contributed by atoms with Crippen LogP contribution < -0.4 is 16.8 Å². The fraction of sp³-hybridized carbons (Fsp3) is 0.636. The van der Waals surface area contributed by atoms with E-state index in [0.717, 1.165) is 19.4 Å². The average Bonchev–Trinajstić information content (AvgIpc) is 2.12. The van der Waals surface area contributed by atoms with Crippen LogP contribution in [0.1, 0.15) is 26.7 Å². The van der Waals surface area contributed by atoms with Gasteiger partial charge in [0.15, 0.2) is 0 Å². The molecule has 15 heavy (non-hydrogen) atoms. The number of hydrogen-bond donors (Lipinski definition) is 3. The maximum Gasteiger partial charge on any atom is 0.125 e. The van der Waals surface area contributed by atoms with Crippen LogP contribution in [-0.4, -0.2) is 18.5 Å². The van der Waals surface area contributed by atoms with Gasteiger partial charge in [-0.3, -0.25) is 0 Å². The van der Waals surface area contributed by atoms with Crippen LogP contribution in [0, 0.1) is 5.92 Å². The number of hydrogen-bond acceptors (Lipinski definition) is 4. The largest absolute Gasteiger partial charge is 0.386 e. The highest BCUT2D eigenvalue weighted by atomic mass is 16.1. The van der Waals surface area contributed by atoms with Crippen molar-refractivity contribution in [1.82, 2.24) is 5.32 Å². The van der Waals surface area contributed by atoms with Gasteiger partial charge in [-0.25, -0.2) is 4.79 Å². The summed E-state index contributed by atoms with van der Waals surface area (Å²) < 4.78 is 0. The van der Waals surface area contributed by atoms with E-state index in [2.05, 4.69) is 11.9 Å².